The van der Waals surface area contributed by atoms with E-state index < -0.39 is 4.92 Å². The third kappa shape index (κ3) is 1.40. The van der Waals surface area contributed by atoms with Crippen molar-refractivity contribution < 1.29 is 4.92 Å². The van der Waals surface area contributed by atoms with Crippen molar-refractivity contribution in [2.75, 3.05) is 0 Å². The number of rotatable bonds is 1. The van der Waals surface area contributed by atoms with Crippen molar-refractivity contribution in [2.24, 2.45) is 0 Å². The van der Waals surface area contributed by atoms with Gasteiger partial charge in [-0.2, -0.15) is 0 Å². The Kier molecular flexibility index (Phi) is 2.05. The first-order valence-electron chi connectivity index (χ1n) is 3.87. The van der Waals surface area contributed by atoms with Gasteiger partial charge < -0.3 is 0 Å². The highest BCUT2D eigenvalue weighted by Gasteiger charge is 2.10. The minimum Gasteiger partial charge on any atom is -0.258 e. The van der Waals surface area contributed by atoms with Crippen molar-refractivity contribution in [1.29, 1.82) is 0 Å². The zero-order valence-electron chi connectivity index (χ0n) is 6.98. The summed E-state index contributed by atoms with van der Waals surface area (Å²) in [4.78, 5) is 14.1. The molecule has 1 aromatic carbocycles. The first-order chi connectivity index (χ1) is 6.68. The van der Waals surface area contributed by atoms with Gasteiger partial charge in [-0.05, 0) is 6.07 Å². The van der Waals surface area contributed by atoms with Crippen LogP contribution in [-0.2, 0) is 0 Å². The Balaban J connectivity index is 2.78. The number of nitrogens with zero attached hydrogens (tertiary/aromatic N) is 2. The summed E-state index contributed by atoms with van der Waals surface area (Å²) in [5, 5.41) is 11.5. The quantitative estimate of drug-likeness (QED) is 0.535. The number of hydrogen-bond donors (Lipinski definition) is 0. The van der Waals surface area contributed by atoms with Crippen LogP contribution in [0.3, 0.4) is 0 Å². The molecule has 0 atom stereocenters. The molecule has 5 heteroatoms. The van der Waals surface area contributed by atoms with Crippen LogP contribution >= 0.6 is 11.6 Å². The van der Waals surface area contributed by atoms with Crippen LogP contribution < -0.4 is 0 Å². The molecule has 2 rings (SSSR count). The molecular weight excluding hydrogens is 204 g/mol. The minimum atomic E-state index is -0.474. The van der Waals surface area contributed by atoms with Gasteiger partial charge in [-0.3, -0.25) is 15.1 Å². The van der Waals surface area contributed by atoms with E-state index in [2.05, 4.69) is 4.98 Å². The van der Waals surface area contributed by atoms with Gasteiger partial charge in [0.15, 0.2) is 0 Å². The molecule has 0 N–H and O–H groups in total. The van der Waals surface area contributed by atoms with Gasteiger partial charge in [-0.15, -0.1) is 0 Å². The third-order valence-corrected chi connectivity index (χ3v) is 2.14. The van der Waals surface area contributed by atoms with Crippen LogP contribution in [0.15, 0.2) is 30.5 Å². The fourth-order valence-electron chi connectivity index (χ4n) is 1.24. The molecule has 0 spiro atoms. The molecule has 0 bridgehead atoms. The van der Waals surface area contributed by atoms with Crippen molar-refractivity contribution >= 4 is 28.2 Å². The normalized spacial score (nSPS) is 10.4. The lowest BCUT2D eigenvalue weighted by molar-refractivity contribution is -0.384. The molecule has 4 nitrogen and oxygen atoms in total. The van der Waals surface area contributed by atoms with Crippen LogP contribution in [0.5, 0.6) is 0 Å². The summed E-state index contributed by atoms with van der Waals surface area (Å²) in [7, 11) is 0. The highest BCUT2D eigenvalue weighted by atomic mass is 35.5. The molecule has 0 aliphatic rings. The van der Waals surface area contributed by atoms with Crippen molar-refractivity contribution in [3.63, 3.8) is 0 Å². The largest absolute Gasteiger partial charge is 0.271 e. The van der Waals surface area contributed by atoms with Gasteiger partial charge in [0.05, 0.1) is 15.5 Å². The van der Waals surface area contributed by atoms with Crippen LogP contribution in [0.2, 0.25) is 5.02 Å². The smallest absolute Gasteiger partial charge is 0.258 e. The highest BCUT2D eigenvalue weighted by molar-refractivity contribution is 6.35. The van der Waals surface area contributed by atoms with E-state index >= 15 is 0 Å². The fraction of sp³-hybridized carbons (Fsp3) is 0. The summed E-state index contributed by atoms with van der Waals surface area (Å²) >= 11 is 5.84. The van der Waals surface area contributed by atoms with Crippen LogP contribution in [0.25, 0.3) is 10.9 Å². The summed E-state index contributed by atoms with van der Waals surface area (Å²) in [6.07, 6.45) is 1.60. The van der Waals surface area contributed by atoms with Crippen LogP contribution in [-0.4, -0.2) is 9.91 Å². The zero-order chi connectivity index (χ0) is 10.1. The van der Waals surface area contributed by atoms with Gasteiger partial charge in [0.25, 0.3) is 5.69 Å². The maximum Gasteiger partial charge on any atom is 0.271 e. The monoisotopic (exact) mass is 208 g/mol. The van der Waals surface area contributed by atoms with Crippen LogP contribution in [0.4, 0.5) is 5.69 Å². The molecule has 0 saturated carbocycles. The number of nitro groups is 1. The summed E-state index contributed by atoms with van der Waals surface area (Å²) < 4.78 is 0. The lowest BCUT2D eigenvalue weighted by Gasteiger charge is -1.98. The molecule has 2 aromatic rings. The number of non-ortho nitro benzene ring substituents is 1. The van der Waals surface area contributed by atoms with E-state index in [0.717, 1.165) is 0 Å². The van der Waals surface area contributed by atoms with Crippen molar-refractivity contribution in [1.82, 2.24) is 4.98 Å². The molecule has 14 heavy (non-hydrogen) atoms. The molecule has 0 radical (unpaired) electrons. The van der Waals surface area contributed by atoms with E-state index in [0.29, 0.717) is 15.9 Å². The van der Waals surface area contributed by atoms with E-state index in [1.807, 2.05) is 0 Å². The van der Waals surface area contributed by atoms with Crippen LogP contribution in [0, 0.1) is 10.1 Å². The number of aromatic nitrogens is 1. The average molecular weight is 209 g/mol. The summed E-state index contributed by atoms with van der Waals surface area (Å²) in [6.45, 7) is 0. The molecule has 70 valence electrons. The van der Waals surface area contributed by atoms with Crippen molar-refractivity contribution in [3.05, 3.63) is 45.6 Å². The standard InChI is InChI=1S/C9H5ClN2O2/c10-8-5-7(12(13)14)4-6-2-1-3-11-9(6)8/h1-5H. The van der Waals surface area contributed by atoms with E-state index in [-0.39, 0.29) is 5.69 Å². The molecule has 0 aliphatic heterocycles. The Morgan fingerprint density at radius 1 is 1.43 bits per heavy atom. The highest BCUT2D eigenvalue weighted by Crippen LogP contribution is 2.26. The summed E-state index contributed by atoms with van der Waals surface area (Å²) in [5.41, 5.74) is 0.565. The predicted octanol–water partition coefficient (Wildman–Crippen LogP) is 2.80. The Bertz CT molecular complexity index is 513. The second-order valence-corrected chi connectivity index (χ2v) is 3.17. The van der Waals surface area contributed by atoms with Gasteiger partial charge >= 0.3 is 0 Å². The topological polar surface area (TPSA) is 56.0 Å². The molecule has 0 amide bonds. The number of benzene rings is 1. The third-order valence-electron chi connectivity index (χ3n) is 1.85. The average Bonchev–Trinajstić information content (AvgIpc) is 2.17. The Morgan fingerprint density at radius 3 is 2.93 bits per heavy atom. The van der Waals surface area contributed by atoms with Crippen LogP contribution in [0.1, 0.15) is 0 Å². The van der Waals surface area contributed by atoms with Gasteiger partial charge in [0.2, 0.25) is 0 Å². The van der Waals surface area contributed by atoms with E-state index in [1.54, 1.807) is 18.3 Å². The first kappa shape index (κ1) is 8.90. The summed E-state index contributed by atoms with van der Waals surface area (Å²) in [6, 6.07) is 6.20. The lowest BCUT2D eigenvalue weighted by atomic mass is 10.2. The molecule has 0 aliphatic carbocycles. The maximum atomic E-state index is 10.5. The molecular formula is C9H5ClN2O2. The van der Waals surface area contributed by atoms with Crippen molar-refractivity contribution in [2.45, 2.75) is 0 Å². The van der Waals surface area contributed by atoms with Crippen molar-refractivity contribution in [3.8, 4) is 0 Å². The second kappa shape index (κ2) is 3.23. The summed E-state index contributed by atoms with van der Waals surface area (Å²) in [5.74, 6) is 0. The minimum absolute atomic E-state index is 0.0181. The number of halogens is 1. The Hall–Kier alpha value is -1.68. The molecule has 0 unspecified atom stereocenters. The number of fused-ring (bicyclic) bond motifs is 1. The molecule has 0 fully saturated rings. The van der Waals surface area contributed by atoms with Gasteiger partial charge in [-0.25, -0.2) is 0 Å². The lowest BCUT2D eigenvalue weighted by Crippen LogP contribution is -1.88. The number of pyridine rings is 1. The fourth-order valence-corrected chi connectivity index (χ4v) is 1.51. The SMILES string of the molecule is O=[N+]([O-])c1cc(Cl)c2ncccc2c1. The van der Waals surface area contributed by atoms with E-state index in [9.17, 15) is 10.1 Å². The van der Waals surface area contributed by atoms with Gasteiger partial charge in [0, 0.05) is 23.7 Å². The van der Waals surface area contributed by atoms with Gasteiger partial charge in [-0.1, -0.05) is 17.7 Å². The predicted molar refractivity (Wildman–Crippen MR) is 53.4 cm³/mol. The van der Waals surface area contributed by atoms with E-state index in [4.69, 9.17) is 11.6 Å². The molecule has 1 heterocycles. The maximum absolute atomic E-state index is 10.5. The number of hydrogen-bond acceptors (Lipinski definition) is 3. The van der Waals surface area contributed by atoms with E-state index in [1.165, 1.54) is 12.1 Å². The molecule has 0 saturated heterocycles. The number of nitro benzene ring substituents is 1. The Labute approximate surface area is 84.3 Å². The second-order valence-electron chi connectivity index (χ2n) is 2.76. The zero-order valence-corrected chi connectivity index (χ0v) is 7.73. The first-order valence-corrected chi connectivity index (χ1v) is 4.25. The molecule has 1 aromatic heterocycles. The Morgan fingerprint density at radius 2 is 2.21 bits per heavy atom. The van der Waals surface area contributed by atoms with Gasteiger partial charge in [0.1, 0.15) is 0 Å².